The van der Waals surface area contributed by atoms with E-state index in [1.807, 2.05) is 0 Å². The third-order valence-electron chi connectivity index (χ3n) is 2.27. The van der Waals surface area contributed by atoms with Crippen molar-refractivity contribution < 1.29 is 18.4 Å². The highest BCUT2D eigenvalue weighted by molar-refractivity contribution is 6.70. The lowest BCUT2D eigenvalue weighted by Gasteiger charge is -2.31. The van der Waals surface area contributed by atoms with Gasteiger partial charge in [0.2, 0.25) is 0 Å². The van der Waals surface area contributed by atoms with Gasteiger partial charge in [-0.15, -0.1) is 0 Å². The molecule has 0 aliphatic carbocycles. The molecule has 0 unspecified atom stereocenters. The van der Waals surface area contributed by atoms with Gasteiger partial charge in [0.05, 0.1) is 0 Å². The van der Waals surface area contributed by atoms with Crippen LogP contribution in [0.15, 0.2) is 0 Å². The molecule has 0 bridgehead atoms. The second-order valence-corrected chi connectivity index (χ2v) is 6.89. The van der Waals surface area contributed by atoms with Crippen molar-refractivity contribution in [3.63, 3.8) is 0 Å². The minimum Gasteiger partial charge on any atom is -0.485 e. The SMILES string of the molecule is CC(=O)O[Si]1(OC(C)=O)CCCCC1. The first-order valence-electron chi connectivity index (χ1n) is 4.93. The Hall–Kier alpha value is -0.843. The van der Waals surface area contributed by atoms with Gasteiger partial charge in [0.25, 0.3) is 11.9 Å². The van der Waals surface area contributed by atoms with Crippen molar-refractivity contribution in [2.24, 2.45) is 0 Å². The van der Waals surface area contributed by atoms with E-state index in [2.05, 4.69) is 0 Å². The Bertz CT molecular complexity index is 215. The van der Waals surface area contributed by atoms with Crippen LogP contribution in [0.4, 0.5) is 0 Å². The lowest BCUT2D eigenvalue weighted by molar-refractivity contribution is -0.139. The first-order valence-corrected chi connectivity index (χ1v) is 7.16. The maximum Gasteiger partial charge on any atom is 0.464 e. The summed E-state index contributed by atoms with van der Waals surface area (Å²) in [6.45, 7) is 2.74. The largest absolute Gasteiger partial charge is 0.485 e. The second kappa shape index (κ2) is 4.59. The summed E-state index contributed by atoms with van der Waals surface area (Å²) < 4.78 is 10.5. The first-order chi connectivity index (χ1) is 6.54. The molecular formula is C9H16O4Si. The average Bonchev–Trinajstić information content (AvgIpc) is 2.01. The molecule has 0 aromatic heterocycles. The molecule has 1 aliphatic heterocycles. The van der Waals surface area contributed by atoms with Gasteiger partial charge in [0.15, 0.2) is 0 Å². The molecule has 14 heavy (non-hydrogen) atoms. The van der Waals surface area contributed by atoms with Crippen LogP contribution < -0.4 is 0 Å². The van der Waals surface area contributed by atoms with E-state index in [-0.39, 0.29) is 11.9 Å². The topological polar surface area (TPSA) is 52.6 Å². The van der Waals surface area contributed by atoms with Gasteiger partial charge in [-0.1, -0.05) is 6.42 Å². The van der Waals surface area contributed by atoms with Gasteiger partial charge in [0.1, 0.15) is 0 Å². The zero-order valence-electron chi connectivity index (χ0n) is 8.67. The smallest absolute Gasteiger partial charge is 0.464 e. The van der Waals surface area contributed by atoms with Crippen LogP contribution in [0.1, 0.15) is 33.1 Å². The highest BCUT2D eigenvalue weighted by Crippen LogP contribution is 2.30. The standard InChI is InChI=1S/C9H16O4Si/c1-8(10)12-14(13-9(2)11)6-4-3-5-7-14/h3-7H2,1-2H3. The lowest BCUT2D eigenvalue weighted by Crippen LogP contribution is -2.46. The van der Waals surface area contributed by atoms with Gasteiger partial charge in [-0.25, -0.2) is 0 Å². The molecule has 0 atom stereocenters. The van der Waals surface area contributed by atoms with Gasteiger partial charge < -0.3 is 8.85 Å². The van der Waals surface area contributed by atoms with E-state index in [4.69, 9.17) is 8.85 Å². The fourth-order valence-electron chi connectivity index (χ4n) is 1.84. The number of carbonyl (C=O) groups is 2. The molecule has 1 rings (SSSR count). The summed E-state index contributed by atoms with van der Waals surface area (Å²) in [5.74, 6) is -0.667. The van der Waals surface area contributed by atoms with Crippen molar-refractivity contribution in [1.29, 1.82) is 0 Å². The molecule has 5 heteroatoms. The summed E-state index contributed by atoms with van der Waals surface area (Å²) in [6.07, 6.45) is 3.12. The van der Waals surface area contributed by atoms with Crippen molar-refractivity contribution in [3.8, 4) is 0 Å². The van der Waals surface area contributed by atoms with Gasteiger partial charge >= 0.3 is 8.56 Å². The van der Waals surface area contributed by atoms with E-state index in [1.165, 1.54) is 13.8 Å². The summed E-state index contributed by atoms with van der Waals surface area (Å²) in [5, 5.41) is 0. The van der Waals surface area contributed by atoms with E-state index in [9.17, 15) is 9.59 Å². The average molecular weight is 216 g/mol. The molecule has 4 nitrogen and oxygen atoms in total. The molecule has 1 fully saturated rings. The third-order valence-corrected chi connectivity index (χ3v) is 5.82. The van der Waals surface area contributed by atoms with Crippen LogP contribution in [0.25, 0.3) is 0 Å². The maximum absolute atomic E-state index is 10.9. The van der Waals surface area contributed by atoms with Gasteiger partial charge in [-0.05, 0) is 12.8 Å². The van der Waals surface area contributed by atoms with Crippen molar-refractivity contribution in [1.82, 2.24) is 0 Å². The molecule has 1 heterocycles. The van der Waals surface area contributed by atoms with Crippen molar-refractivity contribution in [2.45, 2.75) is 45.2 Å². The summed E-state index contributed by atoms with van der Waals surface area (Å²) >= 11 is 0. The highest BCUT2D eigenvalue weighted by Gasteiger charge is 2.44. The number of carbonyl (C=O) groups excluding carboxylic acids is 2. The Morgan fingerprint density at radius 3 is 1.71 bits per heavy atom. The van der Waals surface area contributed by atoms with Crippen molar-refractivity contribution >= 4 is 20.5 Å². The summed E-state index contributed by atoms with van der Waals surface area (Å²) in [5.41, 5.74) is 0. The maximum atomic E-state index is 10.9. The highest BCUT2D eigenvalue weighted by atomic mass is 28.4. The molecule has 0 aromatic carbocycles. The van der Waals surface area contributed by atoms with Crippen LogP contribution in [-0.2, 0) is 18.4 Å². The minimum absolute atomic E-state index is 0.334. The minimum atomic E-state index is -2.51. The van der Waals surface area contributed by atoms with Crippen LogP contribution in [-0.4, -0.2) is 20.5 Å². The Labute approximate surface area is 84.8 Å². The van der Waals surface area contributed by atoms with E-state index in [0.717, 1.165) is 31.4 Å². The van der Waals surface area contributed by atoms with Gasteiger partial charge in [0, 0.05) is 25.9 Å². The molecule has 0 saturated carbocycles. The van der Waals surface area contributed by atoms with Crippen molar-refractivity contribution in [3.05, 3.63) is 0 Å². The van der Waals surface area contributed by atoms with Crippen LogP contribution in [0.3, 0.4) is 0 Å². The number of hydrogen-bond acceptors (Lipinski definition) is 4. The normalized spacial score (nSPS) is 19.9. The molecule has 1 saturated heterocycles. The molecule has 0 aromatic rings. The van der Waals surface area contributed by atoms with Crippen LogP contribution >= 0.6 is 0 Å². The quantitative estimate of drug-likeness (QED) is 0.660. The van der Waals surface area contributed by atoms with Crippen LogP contribution in [0.2, 0.25) is 12.1 Å². The number of hydrogen-bond donors (Lipinski definition) is 0. The molecule has 0 amide bonds. The van der Waals surface area contributed by atoms with E-state index in [1.54, 1.807) is 0 Å². The van der Waals surface area contributed by atoms with Crippen LogP contribution in [0.5, 0.6) is 0 Å². The van der Waals surface area contributed by atoms with Gasteiger partial charge in [-0.2, -0.15) is 0 Å². The molecule has 0 N–H and O–H groups in total. The van der Waals surface area contributed by atoms with E-state index < -0.39 is 8.56 Å². The van der Waals surface area contributed by atoms with E-state index >= 15 is 0 Å². The molecule has 80 valence electrons. The molecule has 1 aliphatic rings. The van der Waals surface area contributed by atoms with Crippen molar-refractivity contribution in [2.75, 3.05) is 0 Å². The zero-order valence-corrected chi connectivity index (χ0v) is 9.67. The fraction of sp³-hybridized carbons (Fsp3) is 0.778. The summed E-state index contributed by atoms with van der Waals surface area (Å²) in [4.78, 5) is 21.8. The molecule has 0 spiro atoms. The Morgan fingerprint density at radius 2 is 1.36 bits per heavy atom. The Balaban J connectivity index is 2.66. The molecular weight excluding hydrogens is 200 g/mol. The predicted molar refractivity (Wildman–Crippen MR) is 52.8 cm³/mol. The summed E-state index contributed by atoms with van der Waals surface area (Å²) in [7, 11) is -2.51. The lowest BCUT2D eigenvalue weighted by atomic mass is 10.3. The monoisotopic (exact) mass is 216 g/mol. The zero-order chi connectivity index (χ0) is 10.6. The third kappa shape index (κ3) is 3.14. The van der Waals surface area contributed by atoms with Gasteiger partial charge in [-0.3, -0.25) is 9.59 Å². The Kier molecular flexibility index (Phi) is 3.68. The molecule has 0 radical (unpaired) electrons. The van der Waals surface area contributed by atoms with Crippen LogP contribution in [0, 0.1) is 0 Å². The summed E-state index contributed by atoms with van der Waals surface area (Å²) in [6, 6.07) is 1.51. The first kappa shape index (κ1) is 11.2. The predicted octanol–water partition coefficient (Wildman–Crippen LogP) is 1.74. The van der Waals surface area contributed by atoms with E-state index in [0.29, 0.717) is 0 Å². The fourth-order valence-corrected chi connectivity index (χ4v) is 5.16. The Morgan fingerprint density at radius 1 is 0.929 bits per heavy atom. The second-order valence-electron chi connectivity index (χ2n) is 3.66. The number of rotatable bonds is 2.